The van der Waals surface area contributed by atoms with Crippen molar-refractivity contribution in [3.63, 3.8) is 0 Å². The molecule has 4 aromatic carbocycles. The molecular formula is C44H44N4OPt. The van der Waals surface area contributed by atoms with Crippen LogP contribution in [-0.2, 0) is 33.9 Å². The number of pyridine rings is 1. The van der Waals surface area contributed by atoms with Crippen LogP contribution in [0.4, 0.5) is 0 Å². The van der Waals surface area contributed by atoms with Gasteiger partial charge in [-0.05, 0) is 85.5 Å². The van der Waals surface area contributed by atoms with Gasteiger partial charge in [0.2, 0.25) is 0 Å². The summed E-state index contributed by atoms with van der Waals surface area (Å²) in [6.07, 6.45) is 11.4. The summed E-state index contributed by atoms with van der Waals surface area (Å²) in [4.78, 5) is 4.87. The maximum Gasteiger partial charge on any atom is 2.00 e. The molecule has 0 radical (unpaired) electrons. The number of rotatable bonds is 13. The van der Waals surface area contributed by atoms with Gasteiger partial charge in [-0.25, -0.2) is 4.98 Å². The van der Waals surface area contributed by atoms with E-state index in [1.807, 2.05) is 41.2 Å². The van der Waals surface area contributed by atoms with E-state index in [0.717, 1.165) is 76.1 Å². The third kappa shape index (κ3) is 7.35. The molecule has 0 atom stereocenters. The van der Waals surface area contributed by atoms with Gasteiger partial charge in [-0.15, -0.1) is 35.7 Å². The fourth-order valence-electron chi connectivity index (χ4n) is 6.94. The third-order valence-corrected chi connectivity index (χ3v) is 9.45. The monoisotopic (exact) mass is 839 g/mol. The summed E-state index contributed by atoms with van der Waals surface area (Å²) in [5, 5.41) is 7.25. The van der Waals surface area contributed by atoms with Crippen LogP contribution >= 0.6 is 0 Å². The first-order valence-electron chi connectivity index (χ1n) is 17.8. The van der Waals surface area contributed by atoms with Crippen molar-refractivity contribution in [2.24, 2.45) is 0 Å². The zero-order valence-corrected chi connectivity index (χ0v) is 31.7. The van der Waals surface area contributed by atoms with Crippen LogP contribution in [0, 0.1) is 26.0 Å². The molecule has 0 aliphatic carbocycles. The summed E-state index contributed by atoms with van der Waals surface area (Å²) in [6, 6.07) is 38.9. The summed E-state index contributed by atoms with van der Waals surface area (Å²) in [7, 11) is 0. The number of benzene rings is 4. The van der Waals surface area contributed by atoms with E-state index in [1.165, 1.54) is 42.2 Å². The number of fused-ring (bicyclic) bond motifs is 3. The van der Waals surface area contributed by atoms with Gasteiger partial charge in [0.25, 0.3) is 0 Å². The van der Waals surface area contributed by atoms with E-state index in [1.54, 1.807) is 0 Å². The molecular weight excluding hydrogens is 796 g/mol. The topological polar surface area (TPSA) is 44.9 Å². The minimum Gasteiger partial charge on any atom is -0.509 e. The van der Waals surface area contributed by atoms with Crippen molar-refractivity contribution in [2.75, 3.05) is 0 Å². The van der Waals surface area contributed by atoms with Gasteiger partial charge in [0.15, 0.2) is 0 Å². The van der Waals surface area contributed by atoms with Gasteiger partial charge in [0.1, 0.15) is 5.82 Å². The van der Waals surface area contributed by atoms with Gasteiger partial charge in [0, 0.05) is 34.5 Å². The Morgan fingerprint density at radius 1 is 0.700 bits per heavy atom. The molecule has 7 aromatic rings. The third-order valence-electron chi connectivity index (χ3n) is 9.45. The van der Waals surface area contributed by atoms with Crippen LogP contribution in [0.15, 0.2) is 97.2 Å². The van der Waals surface area contributed by atoms with Crippen molar-refractivity contribution in [2.45, 2.75) is 79.1 Å². The molecule has 3 aromatic heterocycles. The molecule has 0 aliphatic heterocycles. The van der Waals surface area contributed by atoms with E-state index >= 15 is 0 Å². The summed E-state index contributed by atoms with van der Waals surface area (Å²) in [5.74, 6) is 2.15. The smallest absolute Gasteiger partial charge is 0.509 e. The number of hydrogen-bond acceptors (Lipinski definition) is 3. The van der Waals surface area contributed by atoms with E-state index < -0.39 is 0 Å². The molecule has 0 amide bonds. The Morgan fingerprint density at radius 3 is 2.30 bits per heavy atom. The van der Waals surface area contributed by atoms with Crippen molar-refractivity contribution in [1.82, 2.24) is 19.3 Å². The average molecular weight is 840 g/mol. The minimum absolute atomic E-state index is 0. The molecule has 256 valence electrons. The van der Waals surface area contributed by atoms with E-state index in [2.05, 4.69) is 105 Å². The quantitative estimate of drug-likeness (QED) is 0.0858. The van der Waals surface area contributed by atoms with Gasteiger partial charge in [-0.2, -0.15) is 17.2 Å². The van der Waals surface area contributed by atoms with Gasteiger partial charge in [-0.1, -0.05) is 87.5 Å². The van der Waals surface area contributed by atoms with E-state index in [4.69, 9.17) is 14.8 Å². The molecule has 0 unspecified atom stereocenters. The molecule has 0 saturated carbocycles. The molecule has 0 aliphatic rings. The minimum atomic E-state index is 0. The summed E-state index contributed by atoms with van der Waals surface area (Å²) < 4.78 is 10.7. The molecule has 0 fully saturated rings. The Kier molecular flexibility index (Phi) is 11.3. The molecule has 0 saturated heterocycles. The first-order chi connectivity index (χ1) is 24.0. The zero-order valence-electron chi connectivity index (χ0n) is 29.4. The predicted molar refractivity (Wildman–Crippen MR) is 201 cm³/mol. The maximum absolute atomic E-state index is 6.49. The first-order valence-corrected chi connectivity index (χ1v) is 17.8. The number of aryl methyl sites for hydroxylation is 3. The molecule has 3 heterocycles. The van der Waals surface area contributed by atoms with Crippen LogP contribution in [0.3, 0.4) is 0 Å². The SMILES string of the molecule is CCCCCCc1ccc2c(c1)c1ccc(Oc3[c-]c(-n4nc(C)c(-c5ccccc5)c4C)ccc3)[c-]c1n2-c1cc(CCCC)ccn1.[Pt+2]. The predicted octanol–water partition coefficient (Wildman–Crippen LogP) is 11.5. The van der Waals surface area contributed by atoms with Crippen LogP contribution < -0.4 is 4.74 Å². The van der Waals surface area contributed by atoms with Crippen molar-refractivity contribution in [3.05, 3.63) is 132 Å². The van der Waals surface area contributed by atoms with Gasteiger partial charge in [-0.3, -0.25) is 4.68 Å². The Bertz CT molecular complexity index is 2220. The van der Waals surface area contributed by atoms with Crippen LogP contribution in [0.1, 0.15) is 74.9 Å². The summed E-state index contributed by atoms with van der Waals surface area (Å²) in [5.41, 5.74) is 9.93. The number of aromatic nitrogens is 4. The molecule has 6 heteroatoms. The number of unbranched alkanes of at least 4 members (excludes halogenated alkanes) is 4. The number of nitrogens with zero attached hydrogens (tertiary/aromatic N) is 4. The maximum atomic E-state index is 6.49. The largest absolute Gasteiger partial charge is 2.00 e. The Balaban J connectivity index is 0.00000432. The fourth-order valence-corrected chi connectivity index (χ4v) is 6.94. The zero-order chi connectivity index (χ0) is 33.7. The van der Waals surface area contributed by atoms with E-state index in [0.29, 0.717) is 11.5 Å². The van der Waals surface area contributed by atoms with Gasteiger partial charge in [0.05, 0.1) is 5.69 Å². The molecule has 50 heavy (non-hydrogen) atoms. The van der Waals surface area contributed by atoms with Crippen LogP contribution in [0.5, 0.6) is 11.5 Å². The first kappa shape index (κ1) is 35.4. The van der Waals surface area contributed by atoms with Gasteiger partial charge >= 0.3 is 21.1 Å². The molecule has 0 spiro atoms. The normalized spacial score (nSPS) is 11.3. The molecule has 0 bridgehead atoms. The van der Waals surface area contributed by atoms with Gasteiger partial charge < -0.3 is 9.30 Å². The van der Waals surface area contributed by atoms with Crippen LogP contribution in [0.25, 0.3) is 44.4 Å². The van der Waals surface area contributed by atoms with E-state index in [9.17, 15) is 0 Å². The molecule has 7 rings (SSSR count). The van der Waals surface area contributed by atoms with Crippen molar-refractivity contribution < 1.29 is 25.8 Å². The second-order valence-electron chi connectivity index (χ2n) is 13.0. The molecule has 5 nitrogen and oxygen atoms in total. The Labute approximate surface area is 310 Å². The summed E-state index contributed by atoms with van der Waals surface area (Å²) in [6.45, 7) is 8.65. The van der Waals surface area contributed by atoms with Crippen molar-refractivity contribution >= 4 is 21.8 Å². The second-order valence-corrected chi connectivity index (χ2v) is 13.0. The molecule has 0 N–H and O–H groups in total. The Hall–Kier alpha value is -4.47. The van der Waals surface area contributed by atoms with Crippen LogP contribution in [-0.4, -0.2) is 19.3 Å². The second kappa shape index (κ2) is 16.0. The number of ether oxygens (including phenoxy) is 1. The average Bonchev–Trinajstić information content (AvgIpc) is 3.61. The van der Waals surface area contributed by atoms with Crippen molar-refractivity contribution in [3.8, 4) is 34.1 Å². The fraction of sp³-hybridized carbons (Fsp3) is 0.273. The Morgan fingerprint density at radius 2 is 1.48 bits per heavy atom. The summed E-state index contributed by atoms with van der Waals surface area (Å²) >= 11 is 0. The van der Waals surface area contributed by atoms with E-state index in [-0.39, 0.29) is 21.1 Å². The standard InChI is InChI=1S/C44H44N4O.Pt/c1-5-7-9-11-16-33-21-24-41-40(27-33)39-23-22-38(30-42(39)47(41)43-28-34(15-8-6-2)25-26-45-43)49-37-20-14-19-36(29-37)48-32(4)44(31(3)46-48)35-17-12-10-13-18-35;/h10,12-14,17-28H,5-9,11,15-16H2,1-4H3;/q-2;+2. The van der Waals surface area contributed by atoms with Crippen LogP contribution in [0.2, 0.25) is 0 Å². The van der Waals surface area contributed by atoms with Crippen molar-refractivity contribution in [1.29, 1.82) is 0 Å². The number of hydrogen-bond donors (Lipinski definition) is 0.